The van der Waals surface area contributed by atoms with Gasteiger partial charge >= 0.3 is 0 Å². The molecule has 14 heavy (non-hydrogen) atoms. The van der Waals surface area contributed by atoms with Crippen molar-refractivity contribution in [1.82, 2.24) is 10.3 Å². The first kappa shape index (κ1) is 9.04. The van der Waals surface area contributed by atoms with Crippen LogP contribution in [0.5, 0.6) is 5.88 Å². The third kappa shape index (κ3) is 2.04. The van der Waals surface area contributed by atoms with Gasteiger partial charge in [0.25, 0.3) is 0 Å². The van der Waals surface area contributed by atoms with Gasteiger partial charge in [-0.15, -0.1) is 6.42 Å². The van der Waals surface area contributed by atoms with Gasteiger partial charge < -0.3 is 10.1 Å². The highest BCUT2D eigenvalue weighted by Crippen LogP contribution is 2.11. The number of pyridine rings is 1. The SMILES string of the molecule is C#Cc1ccc(OC2CCNC2)nc1. The fourth-order valence-electron chi connectivity index (χ4n) is 1.43. The predicted octanol–water partition coefficient (Wildman–Crippen LogP) is 0.804. The molecule has 1 fully saturated rings. The van der Waals surface area contributed by atoms with Crippen molar-refractivity contribution in [3.63, 3.8) is 0 Å². The van der Waals surface area contributed by atoms with Gasteiger partial charge in [-0.2, -0.15) is 0 Å². The first-order chi connectivity index (χ1) is 6.88. The fourth-order valence-corrected chi connectivity index (χ4v) is 1.43. The lowest BCUT2D eigenvalue weighted by molar-refractivity contribution is 0.214. The molecule has 1 saturated heterocycles. The summed E-state index contributed by atoms with van der Waals surface area (Å²) in [5.74, 6) is 3.17. The van der Waals surface area contributed by atoms with Gasteiger partial charge in [-0.25, -0.2) is 4.98 Å². The first-order valence-electron chi connectivity index (χ1n) is 4.68. The van der Waals surface area contributed by atoms with Crippen LogP contribution in [-0.4, -0.2) is 24.2 Å². The molecule has 0 spiro atoms. The van der Waals surface area contributed by atoms with Crippen molar-refractivity contribution in [2.45, 2.75) is 12.5 Å². The highest BCUT2D eigenvalue weighted by Gasteiger charge is 2.15. The lowest BCUT2D eigenvalue weighted by atomic mass is 10.3. The predicted molar refractivity (Wildman–Crippen MR) is 54.1 cm³/mol. The Kier molecular flexibility index (Phi) is 2.66. The topological polar surface area (TPSA) is 34.1 Å². The van der Waals surface area contributed by atoms with E-state index in [1.54, 1.807) is 6.20 Å². The zero-order valence-electron chi connectivity index (χ0n) is 7.86. The molecule has 2 heterocycles. The van der Waals surface area contributed by atoms with E-state index >= 15 is 0 Å². The van der Waals surface area contributed by atoms with E-state index in [-0.39, 0.29) is 6.10 Å². The molecule has 1 aliphatic heterocycles. The zero-order chi connectivity index (χ0) is 9.80. The van der Waals surface area contributed by atoms with Gasteiger partial charge in [0.05, 0.1) is 0 Å². The minimum Gasteiger partial charge on any atom is -0.473 e. The summed E-state index contributed by atoms with van der Waals surface area (Å²) in [6.07, 6.45) is 8.16. The standard InChI is InChI=1S/C11H12N2O/c1-2-9-3-4-11(13-7-9)14-10-5-6-12-8-10/h1,3-4,7,10,12H,5-6,8H2. The molecule has 0 amide bonds. The van der Waals surface area contributed by atoms with E-state index in [9.17, 15) is 0 Å². The number of nitrogens with one attached hydrogen (secondary N) is 1. The quantitative estimate of drug-likeness (QED) is 0.697. The van der Waals surface area contributed by atoms with E-state index in [0.717, 1.165) is 25.1 Å². The average Bonchev–Trinajstić information content (AvgIpc) is 2.72. The van der Waals surface area contributed by atoms with E-state index < -0.39 is 0 Å². The van der Waals surface area contributed by atoms with Crippen molar-refractivity contribution >= 4 is 0 Å². The van der Waals surface area contributed by atoms with Crippen molar-refractivity contribution in [3.8, 4) is 18.2 Å². The summed E-state index contributed by atoms with van der Waals surface area (Å²) in [4.78, 5) is 4.12. The molecule has 0 radical (unpaired) electrons. The molecule has 0 bridgehead atoms. The molecule has 1 aromatic heterocycles. The maximum atomic E-state index is 5.63. The number of ether oxygens (including phenoxy) is 1. The van der Waals surface area contributed by atoms with Gasteiger partial charge in [0, 0.05) is 24.4 Å². The summed E-state index contributed by atoms with van der Waals surface area (Å²) in [7, 11) is 0. The van der Waals surface area contributed by atoms with Crippen LogP contribution in [0.15, 0.2) is 18.3 Å². The highest BCUT2D eigenvalue weighted by atomic mass is 16.5. The summed E-state index contributed by atoms with van der Waals surface area (Å²) < 4.78 is 5.63. The lowest BCUT2D eigenvalue weighted by Gasteiger charge is -2.10. The van der Waals surface area contributed by atoms with E-state index in [2.05, 4.69) is 16.2 Å². The van der Waals surface area contributed by atoms with Crippen LogP contribution in [0, 0.1) is 12.3 Å². The minimum absolute atomic E-state index is 0.249. The van der Waals surface area contributed by atoms with Gasteiger partial charge in [-0.3, -0.25) is 0 Å². The molecule has 0 aliphatic carbocycles. The molecule has 1 unspecified atom stereocenters. The van der Waals surface area contributed by atoms with Crippen molar-refractivity contribution < 1.29 is 4.74 Å². The van der Waals surface area contributed by atoms with Crippen molar-refractivity contribution in [2.24, 2.45) is 0 Å². The van der Waals surface area contributed by atoms with Gasteiger partial charge in [0.1, 0.15) is 6.10 Å². The largest absolute Gasteiger partial charge is 0.473 e. The third-order valence-corrected chi connectivity index (χ3v) is 2.21. The molecular formula is C11H12N2O. The van der Waals surface area contributed by atoms with Crippen molar-refractivity contribution in [1.29, 1.82) is 0 Å². The Labute approximate surface area is 83.5 Å². The van der Waals surface area contributed by atoms with Crippen molar-refractivity contribution in [2.75, 3.05) is 13.1 Å². The van der Waals surface area contributed by atoms with Crippen LogP contribution in [0.1, 0.15) is 12.0 Å². The molecule has 1 aliphatic rings. The first-order valence-corrected chi connectivity index (χ1v) is 4.68. The van der Waals surface area contributed by atoms with E-state index in [4.69, 9.17) is 11.2 Å². The Bertz CT molecular complexity index is 333. The average molecular weight is 188 g/mol. The molecule has 0 saturated carbocycles. The van der Waals surface area contributed by atoms with Crippen LogP contribution in [-0.2, 0) is 0 Å². The highest BCUT2D eigenvalue weighted by molar-refractivity contribution is 5.31. The summed E-state index contributed by atoms with van der Waals surface area (Å²) >= 11 is 0. The molecule has 0 aromatic carbocycles. The van der Waals surface area contributed by atoms with Crippen LogP contribution in [0.25, 0.3) is 0 Å². The normalized spacial score (nSPS) is 20.4. The summed E-state index contributed by atoms with van der Waals surface area (Å²) in [5, 5.41) is 3.23. The Hall–Kier alpha value is -1.53. The third-order valence-electron chi connectivity index (χ3n) is 2.21. The Balaban J connectivity index is 1.99. The molecule has 72 valence electrons. The molecule has 1 N–H and O–H groups in total. The number of aromatic nitrogens is 1. The van der Waals surface area contributed by atoms with Crippen molar-refractivity contribution in [3.05, 3.63) is 23.9 Å². The zero-order valence-corrected chi connectivity index (χ0v) is 7.86. The van der Waals surface area contributed by atoms with Crippen LogP contribution in [0.2, 0.25) is 0 Å². The number of nitrogens with zero attached hydrogens (tertiary/aromatic N) is 1. The van der Waals surface area contributed by atoms with Crippen LogP contribution >= 0.6 is 0 Å². The molecular weight excluding hydrogens is 176 g/mol. The second-order valence-electron chi connectivity index (χ2n) is 3.26. The van der Waals surface area contributed by atoms with E-state index in [1.807, 2.05) is 12.1 Å². The molecule has 1 aromatic rings. The van der Waals surface area contributed by atoms with E-state index in [1.165, 1.54) is 0 Å². The van der Waals surface area contributed by atoms with Gasteiger partial charge in [-0.05, 0) is 19.0 Å². The number of rotatable bonds is 2. The van der Waals surface area contributed by atoms with Gasteiger partial charge in [-0.1, -0.05) is 5.92 Å². The fraction of sp³-hybridized carbons (Fsp3) is 0.364. The second-order valence-corrected chi connectivity index (χ2v) is 3.26. The number of hydrogen-bond donors (Lipinski definition) is 1. The Morgan fingerprint density at radius 1 is 1.57 bits per heavy atom. The molecule has 1 atom stereocenters. The smallest absolute Gasteiger partial charge is 0.213 e. The Morgan fingerprint density at radius 3 is 3.07 bits per heavy atom. The van der Waals surface area contributed by atoms with Crippen LogP contribution in [0.4, 0.5) is 0 Å². The minimum atomic E-state index is 0.249. The van der Waals surface area contributed by atoms with Gasteiger partial charge in [0.2, 0.25) is 5.88 Å². The summed E-state index contributed by atoms with van der Waals surface area (Å²) in [5.41, 5.74) is 0.780. The Morgan fingerprint density at radius 2 is 2.50 bits per heavy atom. The summed E-state index contributed by atoms with van der Waals surface area (Å²) in [6, 6.07) is 3.65. The van der Waals surface area contributed by atoms with Crippen LogP contribution in [0.3, 0.4) is 0 Å². The second kappa shape index (κ2) is 4.12. The maximum Gasteiger partial charge on any atom is 0.213 e. The van der Waals surface area contributed by atoms with Crippen LogP contribution < -0.4 is 10.1 Å². The molecule has 3 heteroatoms. The summed E-state index contributed by atoms with van der Waals surface area (Å²) in [6.45, 7) is 1.92. The van der Waals surface area contributed by atoms with E-state index in [0.29, 0.717) is 5.88 Å². The number of terminal acetylenes is 1. The molecule has 3 nitrogen and oxygen atoms in total. The maximum absolute atomic E-state index is 5.63. The molecule has 2 rings (SSSR count). The van der Waals surface area contributed by atoms with Gasteiger partial charge in [0.15, 0.2) is 0 Å². The monoisotopic (exact) mass is 188 g/mol. The lowest BCUT2D eigenvalue weighted by Crippen LogP contribution is -2.19. The number of hydrogen-bond acceptors (Lipinski definition) is 3.